The quantitative estimate of drug-likeness (QED) is 0.700. The monoisotopic (exact) mass is 307 g/mol. The standard InChI is InChI=1S/C12H10BrN3O2/c1-8-2-3-9(6-14-8)12(17)16-15-7-10-4-5-11(13)18-10/h2-7H,1H3,(H,16,17)/b15-7+. The lowest BCUT2D eigenvalue weighted by Crippen LogP contribution is -2.17. The summed E-state index contributed by atoms with van der Waals surface area (Å²) in [5, 5.41) is 3.79. The van der Waals surface area contributed by atoms with Crippen molar-refractivity contribution in [1.82, 2.24) is 10.4 Å². The zero-order chi connectivity index (χ0) is 13.0. The fraction of sp³-hybridized carbons (Fsp3) is 0.0833. The Kier molecular flexibility index (Phi) is 3.88. The number of carbonyl (C=O) groups excluding carboxylic acids is 1. The summed E-state index contributed by atoms with van der Waals surface area (Å²) in [6.07, 6.45) is 2.92. The van der Waals surface area contributed by atoms with Crippen LogP contribution in [0, 0.1) is 6.92 Å². The molecule has 2 heterocycles. The number of hydrazone groups is 1. The highest BCUT2D eigenvalue weighted by Crippen LogP contribution is 2.11. The number of carbonyl (C=O) groups is 1. The maximum absolute atomic E-state index is 11.6. The van der Waals surface area contributed by atoms with Crippen molar-refractivity contribution in [2.24, 2.45) is 5.10 Å². The third-order valence-electron chi connectivity index (χ3n) is 2.13. The topological polar surface area (TPSA) is 67.5 Å². The van der Waals surface area contributed by atoms with Gasteiger partial charge in [-0.2, -0.15) is 5.10 Å². The second-order valence-corrected chi connectivity index (χ2v) is 4.31. The van der Waals surface area contributed by atoms with E-state index in [2.05, 4.69) is 31.4 Å². The normalized spacial score (nSPS) is 10.8. The fourth-order valence-electron chi connectivity index (χ4n) is 1.22. The van der Waals surface area contributed by atoms with E-state index >= 15 is 0 Å². The van der Waals surface area contributed by atoms with Gasteiger partial charge in [0.15, 0.2) is 4.67 Å². The van der Waals surface area contributed by atoms with Crippen LogP contribution in [0.2, 0.25) is 0 Å². The number of furan rings is 1. The van der Waals surface area contributed by atoms with Crippen LogP contribution in [0.15, 0.2) is 44.7 Å². The van der Waals surface area contributed by atoms with E-state index in [4.69, 9.17) is 4.42 Å². The van der Waals surface area contributed by atoms with Crippen LogP contribution < -0.4 is 5.43 Å². The van der Waals surface area contributed by atoms with Crippen LogP contribution in [0.4, 0.5) is 0 Å². The molecule has 1 amide bonds. The summed E-state index contributed by atoms with van der Waals surface area (Å²) in [4.78, 5) is 15.7. The van der Waals surface area contributed by atoms with E-state index in [1.165, 1.54) is 12.4 Å². The van der Waals surface area contributed by atoms with Crippen LogP contribution >= 0.6 is 15.9 Å². The fourth-order valence-corrected chi connectivity index (χ4v) is 1.54. The van der Waals surface area contributed by atoms with E-state index in [0.29, 0.717) is 16.0 Å². The minimum atomic E-state index is -0.315. The molecule has 0 bridgehead atoms. The van der Waals surface area contributed by atoms with E-state index in [-0.39, 0.29) is 5.91 Å². The highest BCUT2D eigenvalue weighted by Gasteiger charge is 2.03. The van der Waals surface area contributed by atoms with Crippen molar-refractivity contribution in [3.05, 3.63) is 52.1 Å². The smallest absolute Gasteiger partial charge is 0.272 e. The van der Waals surface area contributed by atoms with Crippen molar-refractivity contribution >= 4 is 28.1 Å². The van der Waals surface area contributed by atoms with Crippen LogP contribution in [0.1, 0.15) is 21.8 Å². The molecule has 0 aliphatic heterocycles. The molecule has 2 rings (SSSR count). The summed E-state index contributed by atoms with van der Waals surface area (Å²) in [6, 6.07) is 6.93. The molecule has 0 radical (unpaired) electrons. The maximum atomic E-state index is 11.6. The second-order valence-electron chi connectivity index (χ2n) is 3.53. The number of hydrogen-bond acceptors (Lipinski definition) is 4. The molecular formula is C12H10BrN3O2. The highest BCUT2D eigenvalue weighted by molar-refractivity contribution is 9.10. The van der Waals surface area contributed by atoms with Crippen LogP contribution in [0.25, 0.3) is 0 Å². The molecule has 0 saturated heterocycles. The zero-order valence-electron chi connectivity index (χ0n) is 9.55. The van der Waals surface area contributed by atoms with Crippen molar-refractivity contribution in [3.63, 3.8) is 0 Å². The lowest BCUT2D eigenvalue weighted by molar-refractivity contribution is 0.0955. The SMILES string of the molecule is Cc1ccc(C(=O)N/N=C/c2ccc(Br)o2)cn1. The Morgan fingerprint density at radius 2 is 2.28 bits per heavy atom. The van der Waals surface area contributed by atoms with Crippen molar-refractivity contribution in [2.45, 2.75) is 6.92 Å². The van der Waals surface area contributed by atoms with Gasteiger partial charge in [0, 0.05) is 11.9 Å². The van der Waals surface area contributed by atoms with Crippen molar-refractivity contribution in [1.29, 1.82) is 0 Å². The van der Waals surface area contributed by atoms with Gasteiger partial charge in [-0.15, -0.1) is 0 Å². The van der Waals surface area contributed by atoms with E-state index in [1.807, 2.05) is 6.92 Å². The average Bonchev–Trinajstić information content (AvgIpc) is 2.76. The highest BCUT2D eigenvalue weighted by atomic mass is 79.9. The molecule has 2 aromatic rings. The summed E-state index contributed by atoms with van der Waals surface area (Å²) in [5.41, 5.74) is 3.71. The molecule has 6 heteroatoms. The van der Waals surface area contributed by atoms with E-state index < -0.39 is 0 Å². The Hall–Kier alpha value is -1.95. The summed E-state index contributed by atoms with van der Waals surface area (Å²) in [7, 11) is 0. The summed E-state index contributed by atoms with van der Waals surface area (Å²) in [5.74, 6) is 0.230. The van der Waals surface area contributed by atoms with Gasteiger partial charge in [0.2, 0.25) is 0 Å². The molecule has 92 valence electrons. The number of halogens is 1. The minimum Gasteiger partial charge on any atom is -0.448 e. The Labute approximate surface area is 112 Å². The van der Waals surface area contributed by atoms with Crippen LogP contribution in [0.5, 0.6) is 0 Å². The molecule has 18 heavy (non-hydrogen) atoms. The molecule has 0 atom stereocenters. The van der Waals surface area contributed by atoms with Gasteiger partial charge >= 0.3 is 0 Å². The first-order valence-electron chi connectivity index (χ1n) is 5.16. The molecule has 2 aromatic heterocycles. The maximum Gasteiger partial charge on any atom is 0.272 e. The van der Waals surface area contributed by atoms with Crippen molar-refractivity contribution in [2.75, 3.05) is 0 Å². The van der Waals surface area contributed by atoms with Gasteiger partial charge in [0.25, 0.3) is 5.91 Å². The number of nitrogens with one attached hydrogen (secondary N) is 1. The second kappa shape index (κ2) is 5.59. The predicted octanol–water partition coefficient (Wildman–Crippen LogP) is 2.51. The predicted molar refractivity (Wildman–Crippen MR) is 70.4 cm³/mol. The van der Waals surface area contributed by atoms with E-state index in [1.54, 1.807) is 24.3 Å². The molecule has 0 aliphatic rings. The summed E-state index contributed by atoms with van der Waals surface area (Å²) >= 11 is 3.17. The largest absolute Gasteiger partial charge is 0.448 e. The molecular weight excluding hydrogens is 298 g/mol. The third-order valence-corrected chi connectivity index (χ3v) is 2.55. The molecule has 1 N–H and O–H groups in total. The van der Waals surface area contributed by atoms with Gasteiger partial charge in [0.05, 0.1) is 11.8 Å². The number of amides is 1. The van der Waals surface area contributed by atoms with Gasteiger partial charge in [-0.3, -0.25) is 9.78 Å². The van der Waals surface area contributed by atoms with Crippen molar-refractivity contribution < 1.29 is 9.21 Å². The molecule has 0 aliphatic carbocycles. The molecule has 0 aromatic carbocycles. The van der Waals surface area contributed by atoms with Gasteiger partial charge in [-0.25, -0.2) is 5.43 Å². The Balaban J connectivity index is 1.96. The van der Waals surface area contributed by atoms with Gasteiger partial charge in [-0.1, -0.05) is 0 Å². The molecule has 0 unspecified atom stereocenters. The van der Waals surface area contributed by atoms with E-state index in [0.717, 1.165) is 5.69 Å². The number of rotatable bonds is 3. The Morgan fingerprint density at radius 1 is 1.44 bits per heavy atom. The number of aromatic nitrogens is 1. The number of nitrogens with zero attached hydrogens (tertiary/aromatic N) is 2. The van der Waals surface area contributed by atoms with Gasteiger partial charge < -0.3 is 4.42 Å². The molecule has 5 nitrogen and oxygen atoms in total. The lowest BCUT2D eigenvalue weighted by Gasteiger charge is -1.98. The minimum absolute atomic E-state index is 0.315. The Bertz CT molecular complexity index is 575. The van der Waals surface area contributed by atoms with Crippen molar-refractivity contribution in [3.8, 4) is 0 Å². The Morgan fingerprint density at radius 3 is 2.89 bits per heavy atom. The zero-order valence-corrected chi connectivity index (χ0v) is 11.1. The van der Waals surface area contributed by atoms with Crippen LogP contribution in [0.3, 0.4) is 0 Å². The van der Waals surface area contributed by atoms with E-state index in [9.17, 15) is 4.79 Å². The first-order chi connectivity index (χ1) is 8.65. The molecule has 0 saturated carbocycles. The van der Waals surface area contributed by atoms with Gasteiger partial charge in [0.1, 0.15) is 5.76 Å². The number of hydrogen-bond donors (Lipinski definition) is 1. The molecule has 0 spiro atoms. The summed E-state index contributed by atoms with van der Waals surface area (Å²) in [6.45, 7) is 1.86. The lowest BCUT2D eigenvalue weighted by atomic mass is 10.2. The number of aryl methyl sites for hydroxylation is 1. The average molecular weight is 308 g/mol. The van der Waals surface area contributed by atoms with Crippen LogP contribution in [-0.2, 0) is 0 Å². The third kappa shape index (κ3) is 3.27. The molecule has 0 fully saturated rings. The summed E-state index contributed by atoms with van der Waals surface area (Å²) < 4.78 is 5.80. The number of pyridine rings is 1. The first-order valence-corrected chi connectivity index (χ1v) is 5.96. The van der Waals surface area contributed by atoms with Crippen LogP contribution in [-0.4, -0.2) is 17.1 Å². The van der Waals surface area contributed by atoms with Gasteiger partial charge in [-0.05, 0) is 47.1 Å². The first kappa shape index (κ1) is 12.5.